The van der Waals surface area contributed by atoms with Crippen LogP contribution in [-0.2, 0) is 14.6 Å². The second kappa shape index (κ2) is 5.90. The Labute approximate surface area is 154 Å². The summed E-state index contributed by atoms with van der Waals surface area (Å²) in [5, 5.41) is 1.34. The molecule has 2 aliphatic heterocycles. The number of aliphatic imine (C=N–C) groups is 1. The van der Waals surface area contributed by atoms with Gasteiger partial charge in [0.05, 0.1) is 17.5 Å². The van der Waals surface area contributed by atoms with Crippen LogP contribution in [0.3, 0.4) is 0 Å². The standard InChI is InChI=1S/C15H14Cl2N2O3S2/c16-9-3-10(17)5-11(4-9)19-12-6-24(21,22)7-13(12)23-15(19)18-14(20)8-1-2-8/h3-5,8,12-13H,1-2,6-7H2/t12-,13-/m1/s1. The van der Waals surface area contributed by atoms with Gasteiger partial charge in [0, 0.05) is 26.9 Å². The number of thioether (sulfide) groups is 1. The quantitative estimate of drug-likeness (QED) is 0.757. The number of fused-ring (bicyclic) bond motifs is 1. The zero-order valence-electron chi connectivity index (χ0n) is 12.5. The lowest BCUT2D eigenvalue weighted by atomic mass is 10.2. The summed E-state index contributed by atoms with van der Waals surface area (Å²) in [6, 6.07) is 4.81. The van der Waals surface area contributed by atoms with Crippen molar-refractivity contribution in [3.8, 4) is 0 Å². The van der Waals surface area contributed by atoms with Gasteiger partial charge in [0.25, 0.3) is 5.91 Å². The van der Waals surface area contributed by atoms with Gasteiger partial charge in [-0.3, -0.25) is 4.79 Å². The van der Waals surface area contributed by atoms with Crippen molar-refractivity contribution in [2.75, 3.05) is 16.4 Å². The van der Waals surface area contributed by atoms with Crippen LogP contribution in [0.2, 0.25) is 10.0 Å². The minimum atomic E-state index is -3.09. The fourth-order valence-corrected chi connectivity index (χ4v) is 7.49. The minimum Gasteiger partial charge on any atom is -0.315 e. The molecule has 1 aliphatic carbocycles. The first-order valence-corrected chi connectivity index (χ1v) is 11.0. The SMILES string of the molecule is O=C(N=C1S[C@@H]2CS(=O)(=O)C[C@H]2N1c1cc(Cl)cc(Cl)c1)C1CC1. The first kappa shape index (κ1) is 16.7. The van der Waals surface area contributed by atoms with Crippen molar-refractivity contribution in [3.05, 3.63) is 28.2 Å². The number of benzene rings is 1. The maximum atomic E-state index is 12.1. The van der Waals surface area contributed by atoms with Crippen LogP contribution >= 0.6 is 35.0 Å². The van der Waals surface area contributed by atoms with Crippen molar-refractivity contribution in [1.29, 1.82) is 0 Å². The second-order valence-electron chi connectivity index (χ2n) is 6.31. The summed E-state index contributed by atoms with van der Waals surface area (Å²) in [6.07, 6.45) is 1.76. The van der Waals surface area contributed by atoms with E-state index in [9.17, 15) is 13.2 Å². The molecule has 2 atom stereocenters. The van der Waals surface area contributed by atoms with Crippen molar-refractivity contribution in [3.63, 3.8) is 0 Å². The van der Waals surface area contributed by atoms with Crippen molar-refractivity contribution in [2.45, 2.75) is 24.1 Å². The van der Waals surface area contributed by atoms with Gasteiger partial charge in [-0.05, 0) is 31.0 Å². The van der Waals surface area contributed by atoms with E-state index in [-0.39, 0.29) is 34.6 Å². The molecule has 2 heterocycles. The number of hydrogen-bond donors (Lipinski definition) is 0. The minimum absolute atomic E-state index is 0.0204. The van der Waals surface area contributed by atoms with Gasteiger partial charge in [0.2, 0.25) is 0 Å². The Morgan fingerprint density at radius 2 is 1.83 bits per heavy atom. The van der Waals surface area contributed by atoms with Crippen molar-refractivity contribution >= 4 is 61.6 Å². The molecule has 2 saturated heterocycles. The molecule has 24 heavy (non-hydrogen) atoms. The maximum Gasteiger partial charge on any atom is 0.251 e. The van der Waals surface area contributed by atoms with E-state index in [4.69, 9.17) is 23.2 Å². The van der Waals surface area contributed by atoms with Crippen LogP contribution in [0.25, 0.3) is 0 Å². The van der Waals surface area contributed by atoms with Gasteiger partial charge in [-0.25, -0.2) is 8.42 Å². The smallest absolute Gasteiger partial charge is 0.251 e. The second-order valence-corrected chi connectivity index (χ2v) is 10.5. The molecule has 1 amide bonds. The highest BCUT2D eigenvalue weighted by Gasteiger charge is 2.49. The molecule has 128 valence electrons. The van der Waals surface area contributed by atoms with E-state index in [1.165, 1.54) is 11.8 Å². The van der Waals surface area contributed by atoms with E-state index < -0.39 is 9.84 Å². The van der Waals surface area contributed by atoms with Crippen LogP contribution in [0.4, 0.5) is 5.69 Å². The van der Waals surface area contributed by atoms with Gasteiger partial charge < -0.3 is 4.90 Å². The van der Waals surface area contributed by atoms with Crippen LogP contribution in [0, 0.1) is 5.92 Å². The number of rotatable bonds is 2. The molecule has 0 aromatic heterocycles. The molecule has 9 heteroatoms. The zero-order chi connectivity index (χ0) is 17.1. The van der Waals surface area contributed by atoms with Crippen molar-refractivity contribution in [1.82, 2.24) is 0 Å². The normalized spacial score (nSPS) is 29.9. The number of amidine groups is 1. The number of carbonyl (C=O) groups excluding carboxylic acids is 1. The van der Waals surface area contributed by atoms with Crippen LogP contribution < -0.4 is 4.90 Å². The number of nitrogens with zero attached hydrogens (tertiary/aromatic N) is 2. The predicted octanol–water partition coefficient (Wildman–Crippen LogP) is 3.00. The summed E-state index contributed by atoms with van der Waals surface area (Å²) in [7, 11) is -3.09. The highest BCUT2D eigenvalue weighted by atomic mass is 35.5. The topological polar surface area (TPSA) is 66.8 Å². The summed E-state index contributed by atoms with van der Waals surface area (Å²) in [5.74, 6) is 0.0420. The average Bonchev–Trinajstić information content (AvgIpc) is 3.18. The molecule has 1 saturated carbocycles. The third-order valence-electron chi connectivity index (χ3n) is 4.32. The van der Waals surface area contributed by atoms with E-state index in [0.29, 0.717) is 20.9 Å². The van der Waals surface area contributed by atoms with Crippen LogP contribution in [0.1, 0.15) is 12.8 Å². The van der Waals surface area contributed by atoms with E-state index >= 15 is 0 Å². The first-order valence-electron chi connectivity index (χ1n) is 7.57. The Balaban J connectivity index is 1.75. The number of halogens is 2. The lowest BCUT2D eigenvalue weighted by molar-refractivity contribution is -0.118. The zero-order valence-corrected chi connectivity index (χ0v) is 15.6. The molecule has 0 unspecified atom stereocenters. The Kier molecular flexibility index (Phi) is 4.10. The molecule has 0 N–H and O–H groups in total. The van der Waals surface area contributed by atoms with Crippen LogP contribution in [0.15, 0.2) is 23.2 Å². The van der Waals surface area contributed by atoms with Crippen LogP contribution in [0.5, 0.6) is 0 Å². The number of hydrogen-bond acceptors (Lipinski definition) is 4. The fourth-order valence-electron chi connectivity index (χ4n) is 3.06. The molecule has 4 rings (SSSR count). The third kappa shape index (κ3) is 3.19. The first-order chi connectivity index (χ1) is 11.3. The largest absolute Gasteiger partial charge is 0.315 e. The summed E-state index contributed by atoms with van der Waals surface area (Å²) in [5.41, 5.74) is 0.673. The van der Waals surface area contributed by atoms with Gasteiger partial charge in [-0.1, -0.05) is 35.0 Å². The van der Waals surface area contributed by atoms with E-state index in [0.717, 1.165) is 12.8 Å². The molecular weight excluding hydrogens is 391 g/mol. The number of amides is 1. The highest BCUT2D eigenvalue weighted by Crippen LogP contribution is 2.42. The molecule has 0 spiro atoms. The van der Waals surface area contributed by atoms with Crippen molar-refractivity contribution < 1.29 is 13.2 Å². The van der Waals surface area contributed by atoms with Crippen LogP contribution in [-0.4, -0.2) is 42.3 Å². The maximum absolute atomic E-state index is 12.1. The molecule has 0 radical (unpaired) electrons. The Hall–Kier alpha value is -0.760. The van der Waals surface area contributed by atoms with Gasteiger partial charge in [0.1, 0.15) is 0 Å². The van der Waals surface area contributed by atoms with E-state index in [1.807, 2.05) is 4.90 Å². The number of anilines is 1. The summed E-state index contributed by atoms with van der Waals surface area (Å²) < 4.78 is 24.0. The van der Waals surface area contributed by atoms with Gasteiger partial charge in [-0.15, -0.1) is 0 Å². The highest BCUT2D eigenvalue weighted by molar-refractivity contribution is 8.16. The third-order valence-corrected chi connectivity index (χ3v) is 7.97. The van der Waals surface area contributed by atoms with E-state index in [1.54, 1.807) is 18.2 Å². The average molecular weight is 405 g/mol. The molecule has 5 nitrogen and oxygen atoms in total. The van der Waals surface area contributed by atoms with Gasteiger partial charge in [0.15, 0.2) is 15.0 Å². The molecule has 3 fully saturated rings. The van der Waals surface area contributed by atoms with E-state index in [2.05, 4.69) is 4.99 Å². The Bertz CT molecular complexity index is 832. The molecule has 1 aromatic carbocycles. The molecule has 0 bridgehead atoms. The molecule has 3 aliphatic rings. The monoisotopic (exact) mass is 404 g/mol. The Morgan fingerprint density at radius 3 is 2.46 bits per heavy atom. The molecule has 1 aromatic rings. The predicted molar refractivity (Wildman–Crippen MR) is 97.9 cm³/mol. The summed E-state index contributed by atoms with van der Waals surface area (Å²) in [4.78, 5) is 18.2. The van der Waals surface area contributed by atoms with Gasteiger partial charge >= 0.3 is 0 Å². The van der Waals surface area contributed by atoms with Gasteiger partial charge in [-0.2, -0.15) is 4.99 Å². The Morgan fingerprint density at radius 1 is 1.17 bits per heavy atom. The lowest BCUT2D eigenvalue weighted by Crippen LogP contribution is -2.37. The number of sulfone groups is 1. The lowest BCUT2D eigenvalue weighted by Gasteiger charge is -2.24. The summed E-state index contributed by atoms with van der Waals surface area (Å²) >= 11 is 13.6. The molecular formula is C15H14Cl2N2O3S2. The fraction of sp³-hybridized carbons (Fsp3) is 0.467. The van der Waals surface area contributed by atoms with Crippen molar-refractivity contribution in [2.24, 2.45) is 10.9 Å². The number of carbonyl (C=O) groups is 1. The summed E-state index contributed by atoms with van der Waals surface area (Å²) in [6.45, 7) is 0.